The Morgan fingerprint density at radius 2 is 1.95 bits per heavy atom. The minimum atomic E-state index is -0.212. The van der Waals surface area contributed by atoms with Crippen molar-refractivity contribution in [1.29, 1.82) is 0 Å². The molecule has 0 radical (unpaired) electrons. The molecule has 6 heteroatoms. The number of halogens is 2. The predicted octanol–water partition coefficient (Wildman–Crippen LogP) is 3.87. The average Bonchev–Trinajstić information content (AvgIpc) is 2.84. The number of benzene rings is 1. The van der Waals surface area contributed by atoms with Crippen LogP contribution < -0.4 is 10.2 Å². The van der Waals surface area contributed by atoms with E-state index in [0.717, 1.165) is 29.4 Å². The molecule has 0 bridgehead atoms. The molecule has 1 aliphatic heterocycles. The lowest BCUT2D eigenvalue weighted by molar-refractivity contribution is 0.427. The van der Waals surface area contributed by atoms with E-state index in [9.17, 15) is 4.39 Å². The van der Waals surface area contributed by atoms with Gasteiger partial charge in [-0.15, -0.1) is 23.7 Å². The Bertz CT molecular complexity index is 629. The Labute approximate surface area is 141 Å². The predicted molar refractivity (Wildman–Crippen MR) is 93.8 cm³/mol. The van der Waals surface area contributed by atoms with E-state index < -0.39 is 0 Å². The molecule has 2 heterocycles. The number of aromatic nitrogens is 1. The minimum absolute atomic E-state index is 0. The van der Waals surface area contributed by atoms with E-state index >= 15 is 0 Å². The van der Waals surface area contributed by atoms with Crippen LogP contribution in [0.5, 0.6) is 0 Å². The quantitative estimate of drug-likeness (QED) is 0.898. The molecule has 3 rings (SSSR count). The fraction of sp³-hybridized carbons (Fsp3) is 0.438. The Kier molecular flexibility index (Phi) is 5.42. The molecular weight excluding hydrogens is 321 g/mol. The van der Waals surface area contributed by atoms with Crippen molar-refractivity contribution in [2.45, 2.75) is 32.9 Å². The van der Waals surface area contributed by atoms with Crippen molar-refractivity contribution in [2.75, 3.05) is 18.0 Å². The summed E-state index contributed by atoms with van der Waals surface area (Å²) in [6, 6.07) is 7.51. The SMILES string of the molecule is Cc1nc(-c2ccc(F)cc2)c(N2C[C@H](C)NC[C@H]2C)s1.Cl. The summed E-state index contributed by atoms with van der Waals surface area (Å²) in [4.78, 5) is 7.10. The summed E-state index contributed by atoms with van der Waals surface area (Å²) in [7, 11) is 0. The maximum Gasteiger partial charge on any atom is 0.123 e. The van der Waals surface area contributed by atoms with Crippen LogP contribution in [-0.2, 0) is 0 Å². The van der Waals surface area contributed by atoms with Crippen LogP contribution in [0.15, 0.2) is 24.3 Å². The third-order valence-electron chi connectivity index (χ3n) is 3.86. The fourth-order valence-electron chi connectivity index (χ4n) is 2.71. The van der Waals surface area contributed by atoms with Gasteiger partial charge >= 0.3 is 0 Å². The normalized spacial score (nSPS) is 21.5. The monoisotopic (exact) mass is 341 g/mol. The number of rotatable bonds is 2. The number of hydrogen-bond acceptors (Lipinski definition) is 4. The summed E-state index contributed by atoms with van der Waals surface area (Å²) in [5.41, 5.74) is 1.95. The summed E-state index contributed by atoms with van der Waals surface area (Å²) < 4.78 is 13.1. The van der Waals surface area contributed by atoms with Gasteiger partial charge in [0.25, 0.3) is 0 Å². The van der Waals surface area contributed by atoms with Gasteiger partial charge < -0.3 is 10.2 Å². The second-order valence-corrected chi connectivity index (χ2v) is 6.89. The fourth-order valence-corrected chi connectivity index (χ4v) is 3.76. The first-order chi connectivity index (χ1) is 10.0. The molecule has 2 aromatic rings. The topological polar surface area (TPSA) is 28.2 Å². The zero-order valence-electron chi connectivity index (χ0n) is 13.0. The van der Waals surface area contributed by atoms with Gasteiger partial charge in [0.15, 0.2) is 0 Å². The van der Waals surface area contributed by atoms with Gasteiger partial charge in [0.05, 0.1) is 5.01 Å². The van der Waals surface area contributed by atoms with Crippen molar-refractivity contribution < 1.29 is 4.39 Å². The summed E-state index contributed by atoms with van der Waals surface area (Å²) in [6.45, 7) is 8.39. The molecule has 1 fully saturated rings. The minimum Gasteiger partial charge on any atom is -0.356 e. The zero-order valence-corrected chi connectivity index (χ0v) is 14.6. The molecule has 0 amide bonds. The number of nitrogens with zero attached hydrogens (tertiary/aromatic N) is 2. The van der Waals surface area contributed by atoms with Gasteiger partial charge in [-0.25, -0.2) is 9.37 Å². The van der Waals surface area contributed by atoms with Crippen molar-refractivity contribution >= 4 is 28.7 Å². The highest BCUT2D eigenvalue weighted by molar-refractivity contribution is 7.16. The van der Waals surface area contributed by atoms with Crippen LogP contribution in [0.2, 0.25) is 0 Å². The summed E-state index contributed by atoms with van der Waals surface area (Å²) in [5.74, 6) is -0.212. The molecular formula is C16H21ClFN3S. The molecule has 0 spiro atoms. The number of nitrogens with one attached hydrogen (secondary N) is 1. The third-order valence-corrected chi connectivity index (χ3v) is 4.87. The van der Waals surface area contributed by atoms with E-state index in [4.69, 9.17) is 0 Å². The second kappa shape index (κ2) is 6.94. The van der Waals surface area contributed by atoms with Gasteiger partial charge in [-0.3, -0.25) is 0 Å². The van der Waals surface area contributed by atoms with Gasteiger partial charge in [-0.2, -0.15) is 0 Å². The highest BCUT2D eigenvalue weighted by Crippen LogP contribution is 2.37. The van der Waals surface area contributed by atoms with E-state index in [1.165, 1.54) is 17.1 Å². The van der Waals surface area contributed by atoms with Crippen molar-refractivity contribution in [3.63, 3.8) is 0 Å². The Morgan fingerprint density at radius 1 is 1.27 bits per heavy atom. The Morgan fingerprint density at radius 3 is 2.64 bits per heavy atom. The first-order valence-electron chi connectivity index (χ1n) is 7.28. The highest BCUT2D eigenvalue weighted by Gasteiger charge is 2.27. The molecule has 2 atom stereocenters. The Hall–Kier alpha value is -1.17. The van der Waals surface area contributed by atoms with E-state index in [1.54, 1.807) is 11.3 Å². The van der Waals surface area contributed by atoms with Crippen LogP contribution in [0.1, 0.15) is 18.9 Å². The molecule has 0 aliphatic carbocycles. The summed E-state index contributed by atoms with van der Waals surface area (Å²) in [5, 5.41) is 5.74. The van der Waals surface area contributed by atoms with Crippen LogP contribution >= 0.6 is 23.7 Å². The van der Waals surface area contributed by atoms with E-state index in [-0.39, 0.29) is 18.2 Å². The number of piperazine rings is 1. The standard InChI is InChI=1S/C16H20FN3S.ClH/c1-10-9-20(11(2)8-18-10)16-15(19-12(3)21-16)13-4-6-14(17)7-5-13;/h4-7,10-11,18H,8-9H2,1-3H3;1H/t10-,11+;/m0./s1. The van der Waals surface area contributed by atoms with Crippen LogP contribution in [0.4, 0.5) is 9.39 Å². The number of hydrogen-bond donors (Lipinski definition) is 1. The van der Waals surface area contributed by atoms with Crippen molar-refractivity contribution in [1.82, 2.24) is 10.3 Å². The Balaban J connectivity index is 0.00000176. The van der Waals surface area contributed by atoms with Crippen molar-refractivity contribution in [3.8, 4) is 11.3 Å². The van der Waals surface area contributed by atoms with Crippen molar-refractivity contribution in [2.24, 2.45) is 0 Å². The van der Waals surface area contributed by atoms with Gasteiger partial charge in [-0.05, 0) is 45.0 Å². The molecule has 120 valence electrons. The molecule has 1 saturated heterocycles. The molecule has 3 nitrogen and oxygen atoms in total. The largest absolute Gasteiger partial charge is 0.356 e. The van der Waals surface area contributed by atoms with Gasteiger partial charge in [0.2, 0.25) is 0 Å². The molecule has 22 heavy (non-hydrogen) atoms. The molecule has 1 N–H and O–H groups in total. The summed E-state index contributed by atoms with van der Waals surface area (Å²) >= 11 is 1.72. The third kappa shape index (κ3) is 3.42. The van der Waals surface area contributed by atoms with Crippen LogP contribution in [0.25, 0.3) is 11.3 Å². The van der Waals surface area contributed by atoms with E-state index in [0.29, 0.717) is 12.1 Å². The number of aryl methyl sites for hydroxylation is 1. The van der Waals surface area contributed by atoms with Gasteiger partial charge in [0, 0.05) is 30.7 Å². The maximum atomic E-state index is 13.1. The van der Waals surface area contributed by atoms with E-state index in [1.807, 2.05) is 19.1 Å². The molecule has 1 aromatic carbocycles. The lowest BCUT2D eigenvalue weighted by Gasteiger charge is -2.38. The maximum absolute atomic E-state index is 13.1. The highest BCUT2D eigenvalue weighted by atomic mass is 35.5. The van der Waals surface area contributed by atoms with Gasteiger partial charge in [0.1, 0.15) is 16.5 Å². The second-order valence-electron chi connectivity index (χ2n) is 5.70. The molecule has 1 aliphatic rings. The van der Waals surface area contributed by atoms with Crippen LogP contribution in [0.3, 0.4) is 0 Å². The molecule has 0 unspecified atom stereocenters. The average molecular weight is 342 g/mol. The molecule has 0 saturated carbocycles. The van der Waals surface area contributed by atoms with Crippen LogP contribution in [-0.4, -0.2) is 30.2 Å². The number of anilines is 1. The van der Waals surface area contributed by atoms with E-state index in [2.05, 4.69) is 29.0 Å². The van der Waals surface area contributed by atoms with Crippen LogP contribution in [0, 0.1) is 12.7 Å². The first-order valence-corrected chi connectivity index (χ1v) is 8.09. The lowest BCUT2D eigenvalue weighted by atomic mass is 10.1. The summed E-state index contributed by atoms with van der Waals surface area (Å²) in [6.07, 6.45) is 0. The zero-order chi connectivity index (χ0) is 15.0. The number of thiazole rings is 1. The van der Waals surface area contributed by atoms with Crippen molar-refractivity contribution in [3.05, 3.63) is 35.1 Å². The first kappa shape index (κ1) is 17.2. The lowest BCUT2D eigenvalue weighted by Crippen LogP contribution is -2.54. The molecule has 1 aromatic heterocycles. The smallest absolute Gasteiger partial charge is 0.123 e. The van der Waals surface area contributed by atoms with Gasteiger partial charge in [-0.1, -0.05) is 0 Å².